The first-order valence-corrected chi connectivity index (χ1v) is 7.34. The van der Waals surface area contributed by atoms with E-state index in [2.05, 4.69) is 25.9 Å². The van der Waals surface area contributed by atoms with Crippen molar-refractivity contribution in [3.05, 3.63) is 52.4 Å². The van der Waals surface area contributed by atoms with Crippen molar-refractivity contribution in [1.29, 1.82) is 0 Å². The Morgan fingerprint density at radius 2 is 2.05 bits per heavy atom. The zero-order valence-corrected chi connectivity index (χ0v) is 12.7. The minimum atomic E-state index is 0.395. The number of halogens is 2. The zero-order valence-electron chi connectivity index (χ0n) is 10.4. The monoisotopic (exact) mass is 340 g/mol. The molecule has 0 unspecified atom stereocenters. The molecular formula is C14H14BrClN2O. The molecular weight excluding hydrogens is 328 g/mol. The van der Waals surface area contributed by atoms with Crippen LogP contribution in [0.25, 0.3) is 0 Å². The average Bonchev–Trinajstić information content (AvgIpc) is 2.46. The molecule has 100 valence electrons. The second kappa shape index (κ2) is 7.46. The van der Waals surface area contributed by atoms with Gasteiger partial charge in [-0.15, -0.1) is 11.6 Å². The summed E-state index contributed by atoms with van der Waals surface area (Å²) in [5, 5.41) is 0. The molecule has 0 aliphatic rings. The van der Waals surface area contributed by atoms with Gasteiger partial charge in [-0.2, -0.15) is 0 Å². The highest BCUT2D eigenvalue weighted by atomic mass is 79.9. The largest absolute Gasteiger partial charge is 0.477 e. The maximum absolute atomic E-state index is 5.86. The van der Waals surface area contributed by atoms with Crippen LogP contribution in [0.1, 0.15) is 17.5 Å². The fourth-order valence-electron chi connectivity index (χ4n) is 1.69. The topological polar surface area (TPSA) is 35.0 Å². The van der Waals surface area contributed by atoms with Gasteiger partial charge in [0, 0.05) is 28.6 Å². The number of aromatic nitrogens is 2. The van der Waals surface area contributed by atoms with Gasteiger partial charge in [0.05, 0.1) is 12.5 Å². The Hall–Kier alpha value is -1.13. The second-order valence-corrected chi connectivity index (χ2v) is 5.24. The molecule has 2 aromatic rings. The van der Waals surface area contributed by atoms with Crippen molar-refractivity contribution in [1.82, 2.24) is 9.97 Å². The van der Waals surface area contributed by atoms with Gasteiger partial charge in [0.15, 0.2) is 0 Å². The van der Waals surface area contributed by atoms with Crippen molar-refractivity contribution in [3.63, 3.8) is 0 Å². The van der Waals surface area contributed by atoms with Gasteiger partial charge in [-0.05, 0) is 52.5 Å². The van der Waals surface area contributed by atoms with Crippen LogP contribution in [0.2, 0.25) is 0 Å². The molecule has 2 aromatic heterocycles. The Morgan fingerprint density at radius 3 is 2.79 bits per heavy atom. The molecule has 0 fully saturated rings. The molecule has 19 heavy (non-hydrogen) atoms. The van der Waals surface area contributed by atoms with Crippen molar-refractivity contribution < 1.29 is 4.74 Å². The third kappa shape index (κ3) is 4.48. The normalized spacial score (nSPS) is 10.4. The first kappa shape index (κ1) is 14.3. The smallest absolute Gasteiger partial charge is 0.217 e. The summed E-state index contributed by atoms with van der Waals surface area (Å²) in [7, 11) is 0. The summed E-state index contributed by atoms with van der Waals surface area (Å²) in [4.78, 5) is 8.22. The SMILES string of the molecule is ClCc1cc(Br)cnc1OCCCc1ccncc1. The molecule has 0 bridgehead atoms. The number of hydrogen-bond acceptors (Lipinski definition) is 3. The maximum atomic E-state index is 5.86. The molecule has 0 radical (unpaired) electrons. The Morgan fingerprint density at radius 1 is 1.26 bits per heavy atom. The molecule has 0 spiro atoms. The van der Waals surface area contributed by atoms with Gasteiger partial charge in [-0.3, -0.25) is 4.98 Å². The number of nitrogens with zero attached hydrogens (tertiary/aromatic N) is 2. The highest BCUT2D eigenvalue weighted by molar-refractivity contribution is 9.10. The lowest BCUT2D eigenvalue weighted by Gasteiger charge is -2.09. The number of hydrogen-bond donors (Lipinski definition) is 0. The Kier molecular flexibility index (Phi) is 5.61. The minimum Gasteiger partial charge on any atom is -0.477 e. The van der Waals surface area contributed by atoms with Crippen molar-refractivity contribution in [2.75, 3.05) is 6.61 Å². The minimum absolute atomic E-state index is 0.395. The molecule has 0 saturated heterocycles. The first-order chi connectivity index (χ1) is 9.29. The van der Waals surface area contributed by atoms with Crippen LogP contribution in [-0.4, -0.2) is 16.6 Å². The molecule has 0 atom stereocenters. The molecule has 0 N–H and O–H groups in total. The molecule has 0 amide bonds. The van der Waals surface area contributed by atoms with E-state index in [1.54, 1.807) is 18.6 Å². The molecule has 5 heteroatoms. The molecule has 0 aromatic carbocycles. The summed E-state index contributed by atoms with van der Waals surface area (Å²) in [5.41, 5.74) is 2.17. The van der Waals surface area contributed by atoms with E-state index in [0.717, 1.165) is 22.9 Å². The van der Waals surface area contributed by atoms with Gasteiger partial charge in [0.2, 0.25) is 5.88 Å². The highest BCUT2D eigenvalue weighted by Crippen LogP contribution is 2.21. The molecule has 2 rings (SSSR count). The average molecular weight is 342 g/mol. The van der Waals surface area contributed by atoms with E-state index in [0.29, 0.717) is 18.4 Å². The third-order valence-corrected chi connectivity index (χ3v) is 3.36. The summed E-state index contributed by atoms with van der Waals surface area (Å²) in [6.45, 7) is 0.626. The summed E-state index contributed by atoms with van der Waals surface area (Å²) in [6.07, 6.45) is 7.23. The standard InChI is InChI=1S/C14H14BrClN2O/c15-13-8-12(9-16)14(18-10-13)19-7-1-2-11-3-5-17-6-4-11/h3-6,8,10H,1-2,7,9H2. The Bertz CT molecular complexity index is 522. The Labute approximate surface area is 126 Å². The first-order valence-electron chi connectivity index (χ1n) is 6.01. The predicted octanol–water partition coefficient (Wildman–Crippen LogP) is 3.99. The lowest BCUT2D eigenvalue weighted by atomic mass is 10.1. The fraction of sp³-hybridized carbons (Fsp3) is 0.286. The van der Waals surface area contributed by atoms with Crippen LogP contribution in [0.3, 0.4) is 0 Å². The summed E-state index contributed by atoms with van der Waals surface area (Å²) in [5.74, 6) is 1.01. The van der Waals surface area contributed by atoms with E-state index in [1.165, 1.54) is 5.56 Å². The fourth-order valence-corrected chi connectivity index (χ4v) is 2.26. The van der Waals surface area contributed by atoms with Gasteiger partial charge in [0.25, 0.3) is 0 Å². The van der Waals surface area contributed by atoms with Crippen LogP contribution in [0.15, 0.2) is 41.3 Å². The predicted molar refractivity (Wildman–Crippen MR) is 79.5 cm³/mol. The second-order valence-electron chi connectivity index (χ2n) is 4.06. The van der Waals surface area contributed by atoms with E-state index >= 15 is 0 Å². The van der Waals surface area contributed by atoms with E-state index in [-0.39, 0.29) is 0 Å². The van der Waals surface area contributed by atoms with Crippen molar-refractivity contribution in [2.45, 2.75) is 18.7 Å². The lowest BCUT2D eigenvalue weighted by Crippen LogP contribution is -2.03. The highest BCUT2D eigenvalue weighted by Gasteiger charge is 2.05. The number of aryl methyl sites for hydroxylation is 1. The lowest BCUT2D eigenvalue weighted by molar-refractivity contribution is 0.296. The number of ether oxygens (including phenoxy) is 1. The molecule has 0 aliphatic heterocycles. The van der Waals surface area contributed by atoms with Gasteiger partial charge in [-0.25, -0.2) is 4.98 Å². The van der Waals surface area contributed by atoms with E-state index in [1.807, 2.05) is 18.2 Å². The molecule has 0 saturated carbocycles. The van der Waals surface area contributed by atoms with E-state index in [9.17, 15) is 0 Å². The number of rotatable bonds is 6. The summed E-state index contributed by atoms with van der Waals surface area (Å²) in [6, 6.07) is 5.96. The maximum Gasteiger partial charge on any atom is 0.217 e. The van der Waals surface area contributed by atoms with E-state index in [4.69, 9.17) is 16.3 Å². The van der Waals surface area contributed by atoms with Crippen LogP contribution in [0, 0.1) is 0 Å². The van der Waals surface area contributed by atoms with Crippen molar-refractivity contribution in [3.8, 4) is 5.88 Å². The summed E-state index contributed by atoms with van der Waals surface area (Å²) < 4.78 is 6.58. The van der Waals surface area contributed by atoms with Crippen LogP contribution < -0.4 is 4.74 Å². The Balaban J connectivity index is 1.83. The van der Waals surface area contributed by atoms with Gasteiger partial charge < -0.3 is 4.74 Å². The third-order valence-electron chi connectivity index (χ3n) is 2.63. The molecule has 0 aliphatic carbocycles. The number of pyridine rings is 2. The summed E-state index contributed by atoms with van der Waals surface area (Å²) >= 11 is 9.23. The quantitative estimate of drug-likeness (QED) is 0.588. The van der Waals surface area contributed by atoms with Crippen LogP contribution in [-0.2, 0) is 12.3 Å². The van der Waals surface area contributed by atoms with Gasteiger partial charge >= 0.3 is 0 Å². The van der Waals surface area contributed by atoms with Crippen molar-refractivity contribution in [2.24, 2.45) is 0 Å². The molecule has 3 nitrogen and oxygen atoms in total. The van der Waals surface area contributed by atoms with Gasteiger partial charge in [-0.1, -0.05) is 0 Å². The van der Waals surface area contributed by atoms with Crippen LogP contribution >= 0.6 is 27.5 Å². The van der Waals surface area contributed by atoms with E-state index < -0.39 is 0 Å². The number of alkyl halides is 1. The molecule has 2 heterocycles. The van der Waals surface area contributed by atoms with Gasteiger partial charge in [0.1, 0.15) is 0 Å². The van der Waals surface area contributed by atoms with Crippen LogP contribution in [0.5, 0.6) is 5.88 Å². The zero-order chi connectivity index (χ0) is 13.5. The van der Waals surface area contributed by atoms with Crippen LogP contribution in [0.4, 0.5) is 0 Å². The van der Waals surface area contributed by atoms with Crippen molar-refractivity contribution >= 4 is 27.5 Å².